The first-order valence-corrected chi connectivity index (χ1v) is 6.10. The Morgan fingerprint density at radius 1 is 1.00 bits per heavy atom. The molecule has 0 N–H and O–H groups in total. The zero-order valence-corrected chi connectivity index (χ0v) is 11.2. The summed E-state index contributed by atoms with van der Waals surface area (Å²) in [6.07, 6.45) is 1.88. The van der Waals surface area contributed by atoms with E-state index in [4.69, 9.17) is 9.31 Å². The average molecular weight is 248 g/mol. The van der Waals surface area contributed by atoms with Crippen LogP contribution in [0.3, 0.4) is 0 Å². The quantitative estimate of drug-likeness (QED) is 0.746. The van der Waals surface area contributed by atoms with Crippen molar-refractivity contribution in [2.75, 3.05) is 0 Å². The normalized spacial score (nSPS) is 21.7. The third-order valence-electron chi connectivity index (χ3n) is 3.59. The third kappa shape index (κ3) is 2.65. The van der Waals surface area contributed by atoms with Gasteiger partial charge in [0, 0.05) is 0 Å². The van der Waals surface area contributed by atoms with E-state index in [1.165, 1.54) is 12.1 Å². The van der Waals surface area contributed by atoms with Crippen molar-refractivity contribution < 1.29 is 13.7 Å². The van der Waals surface area contributed by atoms with E-state index in [0.29, 0.717) is 0 Å². The molecule has 96 valence electrons. The van der Waals surface area contributed by atoms with Crippen LogP contribution in [0.2, 0.25) is 0 Å². The molecule has 1 saturated heterocycles. The minimum Gasteiger partial charge on any atom is -0.400 e. The molecule has 1 fully saturated rings. The molecule has 1 aromatic rings. The van der Waals surface area contributed by atoms with Crippen molar-refractivity contribution in [3.63, 3.8) is 0 Å². The van der Waals surface area contributed by atoms with Gasteiger partial charge < -0.3 is 9.31 Å². The van der Waals surface area contributed by atoms with Crippen LogP contribution in [0.25, 0.3) is 6.08 Å². The smallest absolute Gasteiger partial charge is 0.400 e. The molecular formula is C14H18BFO2. The maximum absolute atomic E-state index is 12.8. The summed E-state index contributed by atoms with van der Waals surface area (Å²) < 4.78 is 24.4. The van der Waals surface area contributed by atoms with Gasteiger partial charge >= 0.3 is 7.12 Å². The number of hydrogen-bond acceptors (Lipinski definition) is 2. The minimum atomic E-state index is -0.361. The Labute approximate surface area is 108 Å². The van der Waals surface area contributed by atoms with Gasteiger partial charge in [0.05, 0.1) is 11.2 Å². The summed E-state index contributed by atoms with van der Waals surface area (Å²) in [5.74, 6) is 1.62. The summed E-state index contributed by atoms with van der Waals surface area (Å²) in [4.78, 5) is 0. The van der Waals surface area contributed by atoms with Gasteiger partial charge in [-0.3, -0.25) is 0 Å². The fourth-order valence-electron chi connectivity index (χ4n) is 1.73. The summed E-state index contributed by atoms with van der Waals surface area (Å²) in [7, 11) is -0.361. The fourth-order valence-corrected chi connectivity index (χ4v) is 1.73. The molecule has 18 heavy (non-hydrogen) atoms. The van der Waals surface area contributed by atoms with E-state index in [2.05, 4.69) is 0 Å². The van der Waals surface area contributed by atoms with Crippen molar-refractivity contribution in [1.82, 2.24) is 0 Å². The van der Waals surface area contributed by atoms with Gasteiger partial charge in [-0.15, -0.1) is 0 Å². The van der Waals surface area contributed by atoms with Gasteiger partial charge in [-0.1, -0.05) is 24.2 Å². The lowest BCUT2D eigenvalue weighted by Gasteiger charge is -2.32. The number of benzene rings is 1. The molecule has 4 heteroatoms. The highest BCUT2D eigenvalue weighted by Crippen LogP contribution is 2.36. The number of rotatable bonds is 2. The lowest BCUT2D eigenvalue weighted by Crippen LogP contribution is -2.41. The van der Waals surface area contributed by atoms with E-state index in [-0.39, 0.29) is 24.1 Å². The molecule has 0 aromatic heterocycles. The Morgan fingerprint density at radius 3 is 2.00 bits per heavy atom. The highest BCUT2D eigenvalue weighted by atomic mass is 19.1. The monoisotopic (exact) mass is 248 g/mol. The highest BCUT2D eigenvalue weighted by molar-refractivity contribution is 6.52. The van der Waals surface area contributed by atoms with Crippen LogP contribution < -0.4 is 0 Å². The van der Waals surface area contributed by atoms with Gasteiger partial charge in [-0.2, -0.15) is 0 Å². The maximum Gasteiger partial charge on any atom is 0.487 e. The first-order chi connectivity index (χ1) is 8.30. The Morgan fingerprint density at radius 2 is 1.50 bits per heavy atom. The molecule has 1 aromatic carbocycles. The predicted molar refractivity (Wildman–Crippen MR) is 71.5 cm³/mol. The number of halogens is 1. The van der Waals surface area contributed by atoms with Gasteiger partial charge in [-0.05, 0) is 45.4 Å². The lowest BCUT2D eigenvalue weighted by atomic mass is 9.89. The predicted octanol–water partition coefficient (Wildman–Crippen LogP) is 3.47. The number of hydrogen-bond donors (Lipinski definition) is 0. The van der Waals surface area contributed by atoms with Crippen molar-refractivity contribution in [2.45, 2.75) is 38.9 Å². The van der Waals surface area contributed by atoms with Crippen LogP contribution >= 0.6 is 0 Å². The molecule has 1 aliphatic heterocycles. The van der Waals surface area contributed by atoms with Crippen LogP contribution in [-0.4, -0.2) is 18.3 Å². The van der Waals surface area contributed by atoms with Crippen molar-refractivity contribution in [3.8, 4) is 0 Å². The van der Waals surface area contributed by atoms with Gasteiger partial charge in [-0.25, -0.2) is 4.39 Å². The molecule has 0 unspecified atom stereocenters. The van der Waals surface area contributed by atoms with Crippen LogP contribution in [0.15, 0.2) is 30.2 Å². The first kappa shape index (κ1) is 13.3. The minimum absolute atomic E-state index is 0.234. The van der Waals surface area contributed by atoms with E-state index in [1.807, 2.05) is 39.7 Å². The molecule has 1 heterocycles. The van der Waals surface area contributed by atoms with Crippen LogP contribution in [0.1, 0.15) is 33.3 Å². The van der Waals surface area contributed by atoms with Gasteiger partial charge in [0.1, 0.15) is 5.82 Å². The molecule has 0 atom stereocenters. The fraction of sp³-hybridized carbons (Fsp3) is 0.429. The van der Waals surface area contributed by atoms with Crippen LogP contribution in [0, 0.1) is 5.82 Å². The topological polar surface area (TPSA) is 18.5 Å². The lowest BCUT2D eigenvalue weighted by molar-refractivity contribution is 0.00578. The summed E-state index contributed by atoms with van der Waals surface area (Å²) in [6.45, 7) is 8.05. The standard InChI is InChI=1S/C14H18BFO2/c1-13(2)14(3,4)18-15(17-13)10-9-11-5-7-12(16)8-6-11/h5-10H,1-4H3. The molecule has 1 aliphatic rings. The zero-order valence-electron chi connectivity index (χ0n) is 11.2. The Hall–Kier alpha value is -1.13. The largest absolute Gasteiger partial charge is 0.487 e. The van der Waals surface area contributed by atoms with Crippen molar-refractivity contribution in [3.05, 3.63) is 41.6 Å². The summed E-state index contributed by atoms with van der Waals surface area (Å²) in [6, 6.07) is 6.31. The Bertz CT molecular complexity index is 435. The van der Waals surface area contributed by atoms with Crippen molar-refractivity contribution in [2.24, 2.45) is 0 Å². The van der Waals surface area contributed by atoms with Crippen LogP contribution in [0.4, 0.5) is 4.39 Å². The second-order valence-corrected chi connectivity index (χ2v) is 5.54. The summed E-state index contributed by atoms with van der Waals surface area (Å²) >= 11 is 0. The summed E-state index contributed by atoms with van der Waals surface area (Å²) in [5, 5.41) is 0. The summed E-state index contributed by atoms with van der Waals surface area (Å²) in [5.41, 5.74) is 0.265. The Kier molecular flexibility index (Phi) is 3.34. The zero-order chi connectivity index (χ0) is 13.4. The molecular weight excluding hydrogens is 230 g/mol. The average Bonchev–Trinajstić information content (AvgIpc) is 2.47. The van der Waals surface area contributed by atoms with Crippen LogP contribution in [-0.2, 0) is 9.31 Å². The van der Waals surface area contributed by atoms with Crippen LogP contribution in [0.5, 0.6) is 0 Å². The van der Waals surface area contributed by atoms with E-state index in [0.717, 1.165) is 5.56 Å². The highest BCUT2D eigenvalue weighted by Gasteiger charge is 2.49. The third-order valence-corrected chi connectivity index (χ3v) is 3.59. The van der Waals surface area contributed by atoms with Gasteiger partial charge in [0.15, 0.2) is 0 Å². The molecule has 0 bridgehead atoms. The van der Waals surface area contributed by atoms with E-state index >= 15 is 0 Å². The molecule has 2 nitrogen and oxygen atoms in total. The maximum atomic E-state index is 12.8. The SMILES string of the molecule is CC1(C)OB(C=Cc2ccc(F)cc2)OC1(C)C. The second kappa shape index (κ2) is 4.52. The Balaban J connectivity index is 2.06. The first-order valence-electron chi connectivity index (χ1n) is 6.10. The van der Waals surface area contributed by atoms with E-state index in [1.54, 1.807) is 12.1 Å². The van der Waals surface area contributed by atoms with E-state index < -0.39 is 0 Å². The molecule has 2 rings (SSSR count). The van der Waals surface area contributed by atoms with Crippen molar-refractivity contribution >= 4 is 13.2 Å². The molecule has 0 aliphatic carbocycles. The molecule has 0 spiro atoms. The molecule has 0 saturated carbocycles. The van der Waals surface area contributed by atoms with E-state index in [9.17, 15) is 4.39 Å². The van der Waals surface area contributed by atoms with Gasteiger partial charge in [0.25, 0.3) is 0 Å². The van der Waals surface area contributed by atoms with Crippen molar-refractivity contribution in [1.29, 1.82) is 0 Å². The van der Waals surface area contributed by atoms with Gasteiger partial charge in [0.2, 0.25) is 0 Å². The molecule has 0 radical (unpaired) electrons. The second-order valence-electron chi connectivity index (χ2n) is 5.54. The molecule has 0 amide bonds.